The zero-order chi connectivity index (χ0) is 17.6. The highest BCUT2D eigenvalue weighted by Gasteiger charge is 2.04. The number of methoxy groups -OCH3 is 1. The van der Waals surface area contributed by atoms with Gasteiger partial charge in [-0.2, -0.15) is 5.10 Å². The van der Waals surface area contributed by atoms with Crippen molar-refractivity contribution in [2.24, 2.45) is 5.10 Å². The molecule has 0 atom stereocenters. The molecule has 1 aromatic rings. The van der Waals surface area contributed by atoms with Crippen molar-refractivity contribution in [2.75, 3.05) is 7.11 Å². The van der Waals surface area contributed by atoms with Crippen LogP contribution >= 0.6 is 0 Å². The number of nitrogens with one attached hydrogen (secondary N) is 1. The van der Waals surface area contributed by atoms with Crippen molar-refractivity contribution in [3.8, 4) is 5.75 Å². The van der Waals surface area contributed by atoms with E-state index in [9.17, 15) is 4.79 Å². The van der Waals surface area contributed by atoms with Crippen molar-refractivity contribution in [1.29, 1.82) is 0 Å². The van der Waals surface area contributed by atoms with E-state index in [1.807, 2.05) is 31.2 Å². The highest BCUT2D eigenvalue weighted by atomic mass is 16.5. The second-order valence-electron chi connectivity index (χ2n) is 6.05. The Hall–Kier alpha value is -1.84. The van der Waals surface area contributed by atoms with Gasteiger partial charge < -0.3 is 4.74 Å². The molecule has 0 unspecified atom stereocenters. The van der Waals surface area contributed by atoms with E-state index in [0.29, 0.717) is 6.42 Å². The number of unbranched alkanes of at least 4 members (excludes halogenated alkanes) is 6. The van der Waals surface area contributed by atoms with Gasteiger partial charge in [0.1, 0.15) is 5.75 Å². The van der Waals surface area contributed by atoms with Crippen molar-refractivity contribution < 1.29 is 9.53 Å². The molecule has 0 heterocycles. The first-order valence-electron chi connectivity index (χ1n) is 9.21. The molecule has 0 aliphatic rings. The Morgan fingerprint density at radius 1 is 1.00 bits per heavy atom. The maximum Gasteiger partial charge on any atom is 0.240 e. The minimum atomic E-state index is 0.00280. The number of benzene rings is 1. The maximum absolute atomic E-state index is 11.9. The third kappa shape index (κ3) is 8.14. The zero-order valence-electron chi connectivity index (χ0n) is 15.4. The fourth-order valence-electron chi connectivity index (χ4n) is 2.56. The molecule has 0 fully saturated rings. The molecule has 134 valence electrons. The Morgan fingerprint density at radius 2 is 1.62 bits per heavy atom. The highest BCUT2D eigenvalue weighted by Crippen LogP contribution is 2.13. The summed E-state index contributed by atoms with van der Waals surface area (Å²) >= 11 is 0. The Morgan fingerprint density at radius 3 is 2.21 bits per heavy atom. The van der Waals surface area contributed by atoms with Crippen molar-refractivity contribution in [3.63, 3.8) is 0 Å². The van der Waals surface area contributed by atoms with E-state index in [4.69, 9.17) is 4.74 Å². The lowest BCUT2D eigenvalue weighted by Crippen LogP contribution is -2.19. The third-order valence-corrected chi connectivity index (χ3v) is 4.08. The van der Waals surface area contributed by atoms with Crippen LogP contribution in [-0.2, 0) is 4.79 Å². The minimum absolute atomic E-state index is 0.00280. The topological polar surface area (TPSA) is 50.7 Å². The molecule has 1 N–H and O–H groups in total. The molecular weight excluding hydrogens is 300 g/mol. The number of carbonyl (C=O) groups is 1. The average molecular weight is 332 g/mol. The summed E-state index contributed by atoms with van der Waals surface area (Å²) in [5, 5.41) is 4.28. The second kappa shape index (κ2) is 12.6. The first-order chi connectivity index (χ1) is 11.7. The van der Waals surface area contributed by atoms with Crippen molar-refractivity contribution in [2.45, 2.75) is 71.6 Å². The number of rotatable bonds is 12. The molecule has 0 aliphatic heterocycles. The number of hydrazone groups is 1. The average Bonchev–Trinajstić information content (AvgIpc) is 2.62. The lowest BCUT2D eigenvalue weighted by atomic mass is 10.1. The molecule has 0 spiro atoms. The van der Waals surface area contributed by atoms with Crippen LogP contribution < -0.4 is 10.2 Å². The predicted octanol–water partition coefficient (Wildman–Crippen LogP) is 5.07. The van der Waals surface area contributed by atoms with Gasteiger partial charge in [-0.1, -0.05) is 52.4 Å². The number of amides is 1. The number of hydrogen-bond donors (Lipinski definition) is 1. The molecule has 0 saturated heterocycles. The van der Waals surface area contributed by atoms with E-state index in [1.165, 1.54) is 32.1 Å². The fourth-order valence-corrected chi connectivity index (χ4v) is 2.56. The van der Waals surface area contributed by atoms with E-state index < -0.39 is 0 Å². The van der Waals surface area contributed by atoms with E-state index in [-0.39, 0.29) is 5.91 Å². The van der Waals surface area contributed by atoms with Gasteiger partial charge in [-0.15, -0.1) is 0 Å². The summed E-state index contributed by atoms with van der Waals surface area (Å²) in [6.07, 6.45) is 9.80. The molecule has 4 nitrogen and oxygen atoms in total. The molecule has 0 aliphatic carbocycles. The first-order valence-corrected chi connectivity index (χ1v) is 9.21. The maximum atomic E-state index is 11.9. The zero-order valence-corrected chi connectivity index (χ0v) is 15.4. The molecule has 1 aromatic carbocycles. The summed E-state index contributed by atoms with van der Waals surface area (Å²) in [4.78, 5) is 11.9. The van der Waals surface area contributed by atoms with Crippen LogP contribution in [0.15, 0.2) is 29.4 Å². The summed E-state index contributed by atoms with van der Waals surface area (Å²) in [6.45, 7) is 4.26. The third-order valence-electron chi connectivity index (χ3n) is 4.08. The van der Waals surface area contributed by atoms with Crippen LogP contribution in [0.1, 0.15) is 77.2 Å². The first kappa shape index (κ1) is 20.2. The normalized spacial score (nSPS) is 11.4. The Kier molecular flexibility index (Phi) is 10.6. The van der Waals surface area contributed by atoms with Crippen LogP contribution in [0.5, 0.6) is 5.75 Å². The standard InChI is InChI=1S/C20H32N2O2/c1-4-6-7-8-9-10-11-12-20(23)22-21-19(5-2)17-13-15-18(24-3)16-14-17/h13-16H,4-12H2,1-3H3,(H,22,23)/b21-19+. The number of carbonyl (C=O) groups excluding carboxylic acids is 1. The highest BCUT2D eigenvalue weighted by molar-refractivity contribution is 6.00. The SMILES string of the molecule is CCCCCCCCCC(=O)N/N=C(\CC)c1ccc(OC)cc1. The number of ether oxygens (including phenoxy) is 1. The number of nitrogens with zero attached hydrogens (tertiary/aromatic N) is 1. The monoisotopic (exact) mass is 332 g/mol. The molecule has 24 heavy (non-hydrogen) atoms. The summed E-state index contributed by atoms with van der Waals surface area (Å²) < 4.78 is 5.16. The van der Waals surface area contributed by atoms with Crippen LogP contribution in [0.2, 0.25) is 0 Å². The van der Waals surface area contributed by atoms with Crippen molar-refractivity contribution in [3.05, 3.63) is 29.8 Å². The smallest absolute Gasteiger partial charge is 0.240 e. The molecule has 1 amide bonds. The van der Waals surface area contributed by atoms with Crippen LogP contribution in [-0.4, -0.2) is 18.7 Å². The Balaban J connectivity index is 2.32. The lowest BCUT2D eigenvalue weighted by Gasteiger charge is -2.06. The lowest BCUT2D eigenvalue weighted by molar-refractivity contribution is -0.121. The van der Waals surface area contributed by atoms with E-state index in [2.05, 4.69) is 17.5 Å². The van der Waals surface area contributed by atoms with Gasteiger partial charge in [0.15, 0.2) is 0 Å². The van der Waals surface area contributed by atoms with E-state index >= 15 is 0 Å². The van der Waals surface area contributed by atoms with Gasteiger partial charge in [0.05, 0.1) is 12.8 Å². The molecule has 1 rings (SSSR count). The van der Waals surface area contributed by atoms with Crippen LogP contribution in [0.4, 0.5) is 0 Å². The number of hydrogen-bond acceptors (Lipinski definition) is 3. The molecule has 0 radical (unpaired) electrons. The van der Waals surface area contributed by atoms with E-state index in [1.54, 1.807) is 7.11 Å². The van der Waals surface area contributed by atoms with Gasteiger partial charge in [0.2, 0.25) is 5.91 Å². The minimum Gasteiger partial charge on any atom is -0.497 e. The summed E-state index contributed by atoms with van der Waals surface area (Å²) in [6, 6.07) is 7.73. The Bertz CT molecular complexity index is 495. The molecule has 0 bridgehead atoms. The summed E-state index contributed by atoms with van der Waals surface area (Å²) in [7, 11) is 1.65. The van der Waals surface area contributed by atoms with Gasteiger partial charge in [-0.05, 0) is 42.7 Å². The largest absolute Gasteiger partial charge is 0.497 e. The summed E-state index contributed by atoms with van der Waals surface area (Å²) in [5.74, 6) is 0.820. The summed E-state index contributed by atoms with van der Waals surface area (Å²) in [5.41, 5.74) is 4.58. The Labute approximate surface area is 146 Å². The van der Waals surface area contributed by atoms with Gasteiger partial charge in [0.25, 0.3) is 0 Å². The van der Waals surface area contributed by atoms with Crippen molar-refractivity contribution in [1.82, 2.24) is 5.43 Å². The van der Waals surface area contributed by atoms with Crippen LogP contribution in [0.25, 0.3) is 0 Å². The second-order valence-corrected chi connectivity index (χ2v) is 6.05. The van der Waals surface area contributed by atoms with Gasteiger partial charge in [0, 0.05) is 6.42 Å². The van der Waals surface area contributed by atoms with E-state index in [0.717, 1.165) is 36.3 Å². The van der Waals surface area contributed by atoms with Crippen LogP contribution in [0.3, 0.4) is 0 Å². The molecule has 0 saturated carbocycles. The predicted molar refractivity (Wildman–Crippen MR) is 101 cm³/mol. The van der Waals surface area contributed by atoms with Crippen LogP contribution in [0, 0.1) is 0 Å². The fraction of sp³-hybridized carbons (Fsp3) is 0.600. The van der Waals surface area contributed by atoms with Gasteiger partial charge in [-0.3, -0.25) is 4.79 Å². The van der Waals surface area contributed by atoms with Gasteiger partial charge >= 0.3 is 0 Å². The van der Waals surface area contributed by atoms with Crippen molar-refractivity contribution >= 4 is 11.6 Å². The molecular formula is C20H32N2O2. The quantitative estimate of drug-likeness (QED) is 0.330. The molecule has 0 aromatic heterocycles. The van der Waals surface area contributed by atoms with Gasteiger partial charge in [-0.25, -0.2) is 5.43 Å². The molecule has 4 heteroatoms.